The van der Waals surface area contributed by atoms with Crippen LogP contribution in [0.4, 0.5) is 4.39 Å². The van der Waals surface area contributed by atoms with Crippen molar-refractivity contribution >= 4 is 39.5 Å². The molecule has 3 aromatic rings. The summed E-state index contributed by atoms with van der Waals surface area (Å²) in [7, 11) is 1.23. The molecule has 0 aliphatic carbocycles. The maximum Gasteiger partial charge on any atom is 0.333 e. The number of rotatable bonds is 5. The molecule has 0 saturated carbocycles. The van der Waals surface area contributed by atoms with Crippen LogP contribution in [0.2, 0.25) is 0 Å². The minimum Gasteiger partial charge on any atom is -0.467 e. The monoisotopic (exact) mass is 384 g/mol. The van der Waals surface area contributed by atoms with Crippen molar-refractivity contribution in [2.45, 2.75) is 13.0 Å². The molecule has 2 aromatic carbocycles. The van der Waals surface area contributed by atoms with Crippen LogP contribution in [-0.2, 0) is 14.3 Å². The molecule has 1 N–H and O–H groups in total. The van der Waals surface area contributed by atoms with Crippen molar-refractivity contribution in [3.63, 3.8) is 0 Å². The number of nitrogens with one attached hydrogen (secondary N) is 1. The topological polar surface area (TPSA) is 68.3 Å². The average Bonchev–Trinajstić information content (AvgIpc) is 3.09. The lowest BCUT2D eigenvalue weighted by Crippen LogP contribution is -2.33. The second-order valence-corrected chi connectivity index (χ2v) is 6.89. The molecule has 0 fully saturated rings. The van der Waals surface area contributed by atoms with Crippen molar-refractivity contribution in [3.05, 3.63) is 70.5 Å². The highest BCUT2D eigenvalue weighted by molar-refractivity contribution is 7.19. The molecule has 0 radical (unpaired) electrons. The van der Waals surface area contributed by atoms with Gasteiger partial charge in [-0.05, 0) is 42.3 Å². The highest BCUT2D eigenvalue weighted by Gasteiger charge is 2.23. The van der Waals surface area contributed by atoms with Crippen molar-refractivity contribution < 1.29 is 18.7 Å². The minimum absolute atomic E-state index is 0.376. The number of thiazole rings is 1. The summed E-state index contributed by atoms with van der Waals surface area (Å²) in [5.74, 6) is -1.50. The fourth-order valence-corrected chi connectivity index (χ4v) is 3.41. The van der Waals surface area contributed by atoms with E-state index in [2.05, 4.69) is 10.3 Å². The molecule has 0 bridgehead atoms. The van der Waals surface area contributed by atoms with Crippen LogP contribution < -0.4 is 5.32 Å². The Labute approximate surface area is 159 Å². The highest BCUT2D eigenvalue weighted by atomic mass is 32.1. The number of esters is 1. The zero-order valence-corrected chi connectivity index (χ0v) is 15.5. The summed E-state index contributed by atoms with van der Waals surface area (Å²) < 4.78 is 19.3. The number of aromatic nitrogens is 1. The smallest absolute Gasteiger partial charge is 0.333 e. The number of para-hydroxylation sites is 1. The van der Waals surface area contributed by atoms with Gasteiger partial charge in [0.25, 0.3) is 0 Å². The SMILES string of the molecule is COC(=O)C(NC(=O)/C=C/c1nc2ccccc2s1)c1ccc(F)c(C)c1. The van der Waals surface area contributed by atoms with E-state index in [0.717, 1.165) is 10.2 Å². The van der Waals surface area contributed by atoms with E-state index in [0.29, 0.717) is 16.1 Å². The standard InChI is InChI=1S/C20H17FN2O3S/c1-12-11-13(7-8-14(12)21)19(20(25)26-2)23-17(24)9-10-18-22-15-5-3-4-6-16(15)27-18/h3-11,19H,1-2H3,(H,23,24)/b10-9+. The van der Waals surface area contributed by atoms with E-state index < -0.39 is 17.9 Å². The fourth-order valence-electron chi connectivity index (χ4n) is 2.54. The largest absolute Gasteiger partial charge is 0.467 e. The van der Waals surface area contributed by atoms with E-state index in [4.69, 9.17) is 4.74 Å². The lowest BCUT2D eigenvalue weighted by molar-refractivity contribution is -0.144. The molecule has 7 heteroatoms. The first-order chi connectivity index (χ1) is 13.0. The summed E-state index contributed by atoms with van der Waals surface area (Å²) in [5.41, 5.74) is 1.68. The summed E-state index contributed by atoms with van der Waals surface area (Å²) in [5, 5.41) is 3.27. The summed E-state index contributed by atoms with van der Waals surface area (Å²) in [6, 6.07) is 10.9. The quantitative estimate of drug-likeness (QED) is 0.537. The van der Waals surface area contributed by atoms with Crippen molar-refractivity contribution in [3.8, 4) is 0 Å². The average molecular weight is 384 g/mol. The van der Waals surface area contributed by atoms with Crippen LogP contribution in [0.5, 0.6) is 0 Å². The van der Waals surface area contributed by atoms with Gasteiger partial charge in [-0.15, -0.1) is 11.3 Å². The Morgan fingerprint density at radius 2 is 2.04 bits per heavy atom. The number of carbonyl (C=O) groups is 2. The molecule has 1 unspecified atom stereocenters. The maximum atomic E-state index is 13.5. The third-order valence-corrected chi connectivity index (χ3v) is 4.93. The number of amides is 1. The Balaban J connectivity index is 1.77. The first kappa shape index (κ1) is 18.7. The van der Waals surface area contributed by atoms with E-state index in [1.807, 2.05) is 24.3 Å². The molecule has 0 aliphatic rings. The number of halogens is 1. The van der Waals surface area contributed by atoms with E-state index >= 15 is 0 Å². The maximum absolute atomic E-state index is 13.5. The Kier molecular flexibility index (Phi) is 5.61. The lowest BCUT2D eigenvalue weighted by atomic mass is 10.0. The lowest BCUT2D eigenvalue weighted by Gasteiger charge is -2.16. The minimum atomic E-state index is -1.03. The second kappa shape index (κ2) is 8.09. The van der Waals surface area contributed by atoms with Gasteiger partial charge in [0.2, 0.25) is 5.91 Å². The van der Waals surface area contributed by atoms with Gasteiger partial charge in [0.05, 0.1) is 17.3 Å². The number of nitrogens with zero attached hydrogens (tertiary/aromatic N) is 1. The van der Waals surface area contributed by atoms with E-state index in [1.54, 1.807) is 13.0 Å². The number of ether oxygens (including phenoxy) is 1. The number of benzene rings is 2. The zero-order valence-electron chi connectivity index (χ0n) is 14.7. The molecule has 1 heterocycles. The molecule has 1 aromatic heterocycles. The molecule has 1 atom stereocenters. The predicted octanol–water partition coefficient (Wildman–Crippen LogP) is 3.79. The highest BCUT2D eigenvalue weighted by Crippen LogP contribution is 2.22. The van der Waals surface area contributed by atoms with Gasteiger partial charge in [0, 0.05) is 6.08 Å². The summed E-state index contributed by atoms with van der Waals surface area (Å²) in [4.78, 5) is 28.8. The third-order valence-electron chi connectivity index (χ3n) is 3.93. The molecule has 0 aliphatic heterocycles. The van der Waals surface area contributed by atoms with Crippen LogP contribution in [0.3, 0.4) is 0 Å². The molecule has 27 heavy (non-hydrogen) atoms. The van der Waals surface area contributed by atoms with Gasteiger partial charge in [-0.3, -0.25) is 4.79 Å². The Morgan fingerprint density at radius 3 is 2.74 bits per heavy atom. The van der Waals surface area contributed by atoms with Crippen LogP contribution in [0.25, 0.3) is 16.3 Å². The number of hydrogen-bond donors (Lipinski definition) is 1. The first-order valence-corrected chi connectivity index (χ1v) is 8.97. The van der Waals surface area contributed by atoms with Crippen molar-refractivity contribution in [2.75, 3.05) is 7.11 Å². The number of methoxy groups -OCH3 is 1. The van der Waals surface area contributed by atoms with E-state index in [1.165, 1.54) is 42.7 Å². The van der Waals surface area contributed by atoms with E-state index in [9.17, 15) is 14.0 Å². The van der Waals surface area contributed by atoms with Crippen molar-refractivity contribution in [1.82, 2.24) is 10.3 Å². The predicted molar refractivity (Wildman–Crippen MR) is 103 cm³/mol. The van der Waals surface area contributed by atoms with Gasteiger partial charge >= 0.3 is 5.97 Å². The molecular formula is C20H17FN2O3S. The molecule has 0 saturated heterocycles. The normalized spacial score (nSPS) is 12.3. The van der Waals surface area contributed by atoms with Crippen LogP contribution >= 0.6 is 11.3 Å². The van der Waals surface area contributed by atoms with E-state index in [-0.39, 0.29) is 5.82 Å². The zero-order chi connectivity index (χ0) is 19.4. The number of aryl methyl sites for hydroxylation is 1. The van der Waals surface area contributed by atoms with Gasteiger partial charge in [0.15, 0.2) is 6.04 Å². The number of hydrogen-bond acceptors (Lipinski definition) is 5. The summed E-state index contributed by atoms with van der Waals surface area (Å²) >= 11 is 1.46. The third kappa shape index (κ3) is 4.38. The summed E-state index contributed by atoms with van der Waals surface area (Å²) in [6.07, 6.45) is 2.90. The fraction of sp³-hybridized carbons (Fsp3) is 0.150. The molecule has 138 valence electrons. The second-order valence-electron chi connectivity index (χ2n) is 5.83. The Morgan fingerprint density at radius 1 is 1.26 bits per heavy atom. The number of fused-ring (bicyclic) bond motifs is 1. The Hall–Kier alpha value is -3.06. The van der Waals surface area contributed by atoms with Crippen LogP contribution in [-0.4, -0.2) is 24.0 Å². The number of carbonyl (C=O) groups excluding carboxylic acids is 2. The molecule has 5 nitrogen and oxygen atoms in total. The van der Waals surface area contributed by atoms with Gasteiger partial charge in [0.1, 0.15) is 10.8 Å². The molecule has 3 rings (SSSR count). The van der Waals surface area contributed by atoms with Gasteiger partial charge in [-0.1, -0.05) is 24.3 Å². The van der Waals surface area contributed by atoms with Crippen molar-refractivity contribution in [1.29, 1.82) is 0 Å². The van der Waals surface area contributed by atoms with Crippen molar-refractivity contribution in [2.24, 2.45) is 0 Å². The van der Waals surface area contributed by atoms with Gasteiger partial charge in [-0.25, -0.2) is 14.2 Å². The molecule has 1 amide bonds. The van der Waals surface area contributed by atoms with Gasteiger partial charge < -0.3 is 10.1 Å². The van der Waals surface area contributed by atoms with Gasteiger partial charge in [-0.2, -0.15) is 0 Å². The van der Waals surface area contributed by atoms with Crippen LogP contribution in [0.1, 0.15) is 22.2 Å². The molecular weight excluding hydrogens is 367 g/mol. The van der Waals surface area contributed by atoms with Crippen LogP contribution in [0, 0.1) is 12.7 Å². The summed E-state index contributed by atoms with van der Waals surface area (Å²) in [6.45, 7) is 1.59. The Bertz CT molecular complexity index is 996. The molecule has 0 spiro atoms. The first-order valence-electron chi connectivity index (χ1n) is 8.16. The van der Waals surface area contributed by atoms with Crippen LogP contribution in [0.15, 0.2) is 48.5 Å².